The smallest absolute Gasteiger partial charge is 0.320 e. The number of aryl methyl sites for hydroxylation is 1. The van der Waals surface area contributed by atoms with Crippen LogP contribution >= 0.6 is 0 Å². The molecule has 0 saturated carbocycles. The molecule has 1 amide bonds. The monoisotopic (exact) mass is 450 g/mol. The number of benzene rings is 1. The Morgan fingerprint density at radius 1 is 1.12 bits per heavy atom. The fourth-order valence-electron chi connectivity index (χ4n) is 3.99. The molecule has 1 aromatic carbocycles. The van der Waals surface area contributed by atoms with Gasteiger partial charge in [0, 0.05) is 30.1 Å². The number of likely N-dealkylation sites (tertiary alicyclic amines) is 1. The van der Waals surface area contributed by atoms with E-state index in [1.165, 1.54) is 0 Å². The molecule has 0 aliphatic carbocycles. The van der Waals surface area contributed by atoms with Crippen LogP contribution in [0.3, 0.4) is 0 Å². The predicted molar refractivity (Wildman–Crippen MR) is 125 cm³/mol. The van der Waals surface area contributed by atoms with Crippen molar-refractivity contribution in [2.24, 2.45) is 13.0 Å². The lowest BCUT2D eigenvalue weighted by Crippen LogP contribution is -2.42. The lowest BCUT2D eigenvalue weighted by Gasteiger charge is -2.31. The maximum atomic E-state index is 12.8. The van der Waals surface area contributed by atoms with Crippen LogP contribution in [0, 0.1) is 5.92 Å². The highest BCUT2D eigenvalue weighted by Gasteiger charge is 2.27. The average molecular weight is 451 g/mol. The molecule has 9 nitrogen and oxygen atoms in total. The largest absolute Gasteiger partial charge is 0.459 e. The molecule has 0 spiro atoms. The van der Waals surface area contributed by atoms with E-state index in [0.29, 0.717) is 31.7 Å². The highest BCUT2D eigenvalue weighted by molar-refractivity contribution is 5.94. The van der Waals surface area contributed by atoms with E-state index in [1.807, 2.05) is 69.4 Å². The van der Waals surface area contributed by atoms with Crippen molar-refractivity contribution in [3.05, 3.63) is 36.7 Å². The fourth-order valence-corrected chi connectivity index (χ4v) is 3.99. The van der Waals surface area contributed by atoms with E-state index >= 15 is 0 Å². The summed E-state index contributed by atoms with van der Waals surface area (Å²) in [5.41, 5.74) is 2.31. The first-order chi connectivity index (χ1) is 15.7. The van der Waals surface area contributed by atoms with Crippen LogP contribution in [-0.4, -0.2) is 62.0 Å². The van der Waals surface area contributed by atoms with Crippen LogP contribution in [0.5, 0.6) is 0 Å². The Bertz CT molecular complexity index is 1160. The number of amides is 1. The number of carbonyl (C=O) groups is 2. The SMILES string of the molecule is Cn1cc(-c2ccc3nnc(NC(=O)C4CCN(CC(=O)OC(C)(C)C)CC4)cc3c2)cn1. The van der Waals surface area contributed by atoms with Gasteiger partial charge < -0.3 is 10.1 Å². The summed E-state index contributed by atoms with van der Waals surface area (Å²) in [5, 5.41) is 16.4. The minimum Gasteiger partial charge on any atom is -0.459 e. The van der Waals surface area contributed by atoms with E-state index in [2.05, 4.69) is 20.6 Å². The second-order valence-electron chi connectivity index (χ2n) is 9.53. The Kier molecular flexibility index (Phi) is 6.42. The van der Waals surface area contributed by atoms with Crippen LogP contribution < -0.4 is 5.32 Å². The summed E-state index contributed by atoms with van der Waals surface area (Å²) in [6.45, 7) is 7.18. The third-order valence-electron chi connectivity index (χ3n) is 5.61. The van der Waals surface area contributed by atoms with Gasteiger partial charge in [0.2, 0.25) is 5.91 Å². The van der Waals surface area contributed by atoms with Crippen LogP contribution in [0.2, 0.25) is 0 Å². The number of nitrogens with one attached hydrogen (secondary N) is 1. The van der Waals surface area contributed by atoms with Gasteiger partial charge in [-0.1, -0.05) is 6.07 Å². The van der Waals surface area contributed by atoms with Crippen LogP contribution in [0.4, 0.5) is 5.82 Å². The van der Waals surface area contributed by atoms with Gasteiger partial charge in [-0.3, -0.25) is 19.2 Å². The third kappa shape index (κ3) is 5.92. The summed E-state index contributed by atoms with van der Waals surface area (Å²) >= 11 is 0. The molecule has 1 aliphatic heterocycles. The van der Waals surface area contributed by atoms with Gasteiger partial charge in [0.05, 0.1) is 18.3 Å². The molecule has 0 unspecified atom stereocenters. The zero-order valence-corrected chi connectivity index (χ0v) is 19.5. The topological polar surface area (TPSA) is 102 Å². The number of carbonyl (C=O) groups excluding carboxylic acids is 2. The number of hydrogen-bond donors (Lipinski definition) is 1. The number of esters is 1. The maximum absolute atomic E-state index is 12.8. The highest BCUT2D eigenvalue weighted by Crippen LogP contribution is 2.25. The van der Waals surface area contributed by atoms with E-state index < -0.39 is 5.60 Å². The summed E-state index contributed by atoms with van der Waals surface area (Å²) in [4.78, 5) is 26.9. The first-order valence-corrected chi connectivity index (χ1v) is 11.2. The molecular formula is C24H30N6O3. The maximum Gasteiger partial charge on any atom is 0.320 e. The highest BCUT2D eigenvalue weighted by atomic mass is 16.6. The van der Waals surface area contributed by atoms with Crippen LogP contribution in [0.15, 0.2) is 36.7 Å². The predicted octanol–water partition coefficient (Wildman–Crippen LogP) is 3.02. The molecule has 33 heavy (non-hydrogen) atoms. The Morgan fingerprint density at radius 2 is 1.88 bits per heavy atom. The third-order valence-corrected chi connectivity index (χ3v) is 5.61. The van der Waals surface area contributed by atoms with Crippen molar-refractivity contribution in [3.63, 3.8) is 0 Å². The van der Waals surface area contributed by atoms with E-state index in [9.17, 15) is 9.59 Å². The van der Waals surface area contributed by atoms with Gasteiger partial charge in [-0.25, -0.2) is 0 Å². The minimum absolute atomic E-state index is 0.0658. The van der Waals surface area contributed by atoms with Gasteiger partial charge in [-0.05, 0) is 70.5 Å². The van der Waals surface area contributed by atoms with Crippen molar-refractivity contribution >= 4 is 28.6 Å². The second kappa shape index (κ2) is 9.27. The van der Waals surface area contributed by atoms with Gasteiger partial charge in [0.15, 0.2) is 5.82 Å². The normalized spacial score (nSPS) is 15.5. The molecule has 0 radical (unpaired) electrons. The van der Waals surface area contributed by atoms with Crippen LogP contribution in [-0.2, 0) is 21.4 Å². The number of ether oxygens (including phenoxy) is 1. The van der Waals surface area contributed by atoms with Crippen LogP contribution in [0.25, 0.3) is 22.0 Å². The zero-order valence-electron chi connectivity index (χ0n) is 19.5. The molecule has 174 valence electrons. The summed E-state index contributed by atoms with van der Waals surface area (Å²) in [7, 11) is 1.88. The Labute approximate surface area is 193 Å². The van der Waals surface area contributed by atoms with Gasteiger partial charge in [0.25, 0.3) is 0 Å². The van der Waals surface area contributed by atoms with Crippen molar-refractivity contribution in [2.75, 3.05) is 25.0 Å². The molecule has 3 aromatic rings. The number of rotatable bonds is 5. The minimum atomic E-state index is -0.491. The molecule has 2 aromatic heterocycles. The molecule has 1 fully saturated rings. The Balaban J connectivity index is 1.35. The molecule has 1 saturated heterocycles. The van der Waals surface area contributed by atoms with Crippen molar-refractivity contribution in [3.8, 4) is 11.1 Å². The molecule has 0 atom stereocenters. The van der Waals surface area contributed by atoms with Crippen molar-refractivity contribution in [1.29, 1.82) is 0 Å². The molecule has 0 bridgehead atoms. The molecule has 1 N–H and O–H groups in total. The fraction of sp³-hybridized carbons (Fsp3) is 0.458. The van der Waals surface area contributed by atoms with Crippen molar-refractivity contribution in [1.82, 2.24) is 24.9 Å². The second-order valence-corrected chi connectivity index (χ2v) is 9.53. The summed E-state index contributed by atoms with van der Waals surface area (Å²) in [5.74, 6) is 0.0117. The summed E-state index contributed by atoms with van der Waals surface area (Å²) in [6.07, 6.45) is 5.13. The van der Waals surface area contributed by atoms with Gasteiger partial charge >= 0.3 is 5.97 Å². The number of nitrogens with zero attached hydrogens (tertiary/aromatic N) is 5. The number of hydrogen-bond acceptors (Lipinski definition) is 7. The van der Waals surface area contributed by atoms with Crippen molar-refractivity contribution < 1.29 is 14.3 Å². The lowest BCUT2D eigenvalue weighted by atomic mass is 9.96. The van der Waals surface area contributed by atoms with Crippen molar-refractivity contribution in [2.45, 2.75) is 39.2 Å². The molecule has 3 heterocycles. The zero-order chi connectivity index (χ0) is 23.6. The Hall–Kier alpha value is -3.33. The van der Waals surface area contributed by atoms with Gasteiger partial charge in [-0.15, -0.1) is 10.2 Å². The number of aromatic nitrogens is 4. The first kappa shape index (κ1) is 22.8. The van der Waals surface area contributed by atoms with E-state index in [0.717, 1.165) is 22.0 Å². The van der Waals surface area contributed by atoms with E-state index in [-0.39, 0.29) is 24.3 Å². The molecule has 1 aliphatic rings. The standard InChI is InChI=1S/C24H30N6O3/c1-24(2,3)33-22(31)15-30-9-7-16(8-10-30)23(32)26-21-12-18-11-17(5-6-20(18)27-28-21)19-13-25-29(4)14-19/h5-6,11-14,16H,7-10,15H2,1-4H3,(H,26,28,32). The molecule has 9 heteroatoms. The lowest BCUT2D eigenvalue weighted by molar-refractivity contribution is -0.156. The number of anilines is 1. The van der Waals surface area contributed by atoms with Gasteiger partial charge in [-0.2, -0.15) is 5.10 Å². The van der Waals surface area contributed by atoms with E-state index in [4.69, 9.17) is 4.74 Å². The Morgan fingerprint density at radius 3 is 2.55 bits per heavy atom. The number of fused-ring (bicyclic) bond motifs is 1. The van der Waals surface area contributed by atoms with Crippen LogP contribution in [0.1, 0.15) is 33.6 Å². The average Bonchev–Trinajstić information content (AvgIpc) is 3.18. The first-order valence-electron chi connectivity index (χ1n) is 11.2. The van der Waals surface area contributed by atoms with E-state index in [1.54, 1.807) is 4.68 Å². The summed E-state index contributed by atoms with van der Waals surface area (Å²) in [6, 6.07) is 7.76. The quantitative estimate of drug-likeness (QED) is 0.596. The molecular weight excluding hydrogens is 420 g/mol. The number of piperidine rings is 1. The van der Waals surface area contributed by atoms with Gasteiger partial charge in [0.1, 0.15) is 5.60 Å². The summed E-state index contributed by atoms with van der Waals surface area (Å²) < 4.78 is 7.15. The molecule has 4 rings (SSSR count).